The van der Waals surface area contributed by atoms with E-state index in [1.807, 2.05) is 13.0 Å². The molecular formula is C19H17N5OS. The highest BCUT2D eigenvalue weighted by molar-refractivity contribution is 7.87. The van der Waals surface area contributed by atoms with Crippen LogP contribution in [0.15, 0.2) is 52.3 Å². The molecule has 26 heavy (non-hydrogen) atoms. The molecule has 7 heteroatoms. The molecule has 0 unspecified atom stereocenters. The summed E-state index contributed by atoms with van der Waals surface area (Å²) < 4.78 is 9.64. The normalized spacial score (nSPS) is 14.8. The number of aromatic amines is 1. The van der Waals surface area contributed by atoms with Crippen LogP contribution in [-0.2, 0) is 10.7 Å². The van der Waals surface area contributed by atoms with Crippen molar-refractivity contribution in [2.24, 2.45) is 0 Å². The maximum atomic E-state index is 12.9. The predicted molar refractivity (Wildman–Crippen MR) is 100 cm³/mol. The minimum Gasteiger partial charge on any atom is -0.293 e. The van der Waals surface area contributed by atoms with Gasteiger partial charge in [-0.25, -0.2) is 9.67 Å². The van der Waals surface area contributed by atoms with E-state index in [2.05, 4.69) is 16.2 Å². The molecule has 0 spiro atoms. The summed E-state index contributed by atoms with van der Waals surface area (Å²) >= 11 is 0. The first kappa shape index (κ1) is 16.5. The highest BCUT2D eigenvalue weighted by Gasteiger charge is 2.26. The van der Waals surface area contributed by atoms with E-state index in [4.69, 9.17) is 10.0 Å². The van der Waals surface area contributed by atoms with E-state index in [9.17, 15) is 4.79 Å². The average molecular weight is 363 g/mol. The van der Waals surface area contributed by atoms with Crippen molar-refractivity contribution in [1.82, 2.24) is 14.8 Å². The lowest BCUT2D eigenvalue weighted by Crippen LogP contribution is -2.17. The number of hydrogen-bond acceptors (Lipinski definition) is 4. The number of benzene rings is 1. The third-order valence-corrected chi connectivity index (χ3v) is 6.32. The summed E-state index contributed by atoms with van der Waals surface area (Å²) in [5, 5.41) is 12.5. The minimum atomic E-state index is -0.513. The first-order valence-electron chi connectivity index (χ1n) is 8.31. The number of nitrogens with one attached hydrogen (secondary N) is 2. The zero-order valence-corrected chi connectivity index (χ0v) is 15.0. The molecule has 2 aromatic heterocycles. The second kappa shape index (κ2) is 6.39. The molecule has 1 aliphatic rings. The van der Waals surface area contributed by atoms with E-state index in [1.165, 1.54) is 4.68 Å². The summed E-state index contributed by atoms with van der Waals surface area (Å²) in [4.78, 5) is 18.2. The number of pyridine rings is 1. The van der Waals surface area contributed by atoms with Crippen LogP contribution >= 0.6 is 0 Å². The lowest BCUT2D eigenvalue weighted by molar-refractivity contribution is 0.804. The van der Waals surface area contributed by atoms with E-state index in [0.29, 0.717) is 22.2 Å². The molecule has 0 aliphatic heterocycles. The summed E-state index contributed by atoms with van der Waals surface area (Å²) in [6.45, 7) is 1.84. The van der Waals surface area contributed by atoms with E-state index >= 15 is 0 Å². The van der Waals surface area contributed by atoms with Gasteiger partial charge in [0.15, 0.2) is 5.82 Å². The molecule has 0 radical (unpaired) electrons. The molecule has 3 aromatic rings. The second-order valence-electron chi connectivity index (χ2n) is 6.33. The smallest absolute Gasteiger partial charge is 0.280 e. The zero-order chi connectivity index (χ0) is 18.3. The summed E-state index contributed by atoms with van der Waals surface area (Å²) in [7, 11) is -0.513. The number of aromatic nitrogens is 3. The molecule has 1 aliphatic carbocycles. The maximum absolute atomic E-state index is 12.9. The Balaban J connectivity index is 1.70. The third kappa shape index (κ3) is 2.89. The van der Waals surface area contributed by atoms with Gasteiger partial charge in [0.05, 0.1) is 17.2 Å². The van der Waals surface area contributed by atoms with Crippen molar-refractivity contribution < 1.29 is 0 Å². The van der Waals surface area contributed by atoms with Gasteiger partial charge in [0.25, 0.3) is 5.56 Å². The number of H-pyrrole nitrogens is 1. The topological polar surface area (TPSA) is 98.3 Å². The highest BCUT2D eigenvalue weighted by Crippen LogP contribution is 2.30. The zero-order valence-electron chi connectivity index (χ0n) is 14.2. The monoisotopic (exact) mass is 363 g/mol. The van der Waals surface area contributed by atoms with E-state index in [-0.39, 0.29) is 5.56 Å². The lowest BCUT2D eigenvalue weighted by Gasteiger charge is -2.05. The van der Waals surface area contributed by atoms with Crippen LogP contribution < -0.4 is 5.56 Å². The van der Waals surface area contributed by atoms with Crippen molar-refractivity contribution in [2.75, 3.05) is 0 Å². The van der Waals surface area contributed by atoms with Crippen LogP contribution in [0.1, 0.15) is 24.1 Å². The van der Waals surface area contributed by atoms with Gasteiger partial charge < -0.3 is 0 Å². The van der Waals surface area contributed by atoms with Crippen molar-refractivity contribution in [3.8, 4) is 23.0 Å². The standard InChI is InChI=1S/C19H17N5OS/c1-12-18(14-4-2-13(10-20)3-5-14)19(25)24(23-12)17-9-8-16(11-22-17)26(21)15-6-7-15/h2-5,8-9,11,15,21,23H,6-7H2,1H3/t26-/m0/s1. The van der Waals surface area contributed by atoms with Crippen molar-refractivity contribution in [2.45, 2.75) is 29.9 Å². The number of aryl methyl sites for hydroxylation is 1. The van der Waals surface area contributed by atoms with E-state index < -0.39 is 10.7 Å². The van der Waals surface area contributed by atoms with Crippen LogP contribution in [0.4, 0.5) is 0 Å². The molecule has 2 N–H and O–H groups in total. The highest BCUT2D eigenvalue weighted by atomic mass is 32.2. The summed E-state index contributed by atoms with van der Waals surface area (Å²) in [6.07, 6.45) is 3.95. The molecule has 1 saturated carbocycles. The first-order valence-corrected chi connectivity index (χ1v) is 9.60. The van der Waals surface area contributed by atoms with Gasteiger partial charge >= 0.3 is 0 Å². The molecular weight excluding hydrogens is 346 g/mol. The summed E-state index contributed by atoms with van der Waals surface area (Å²) in [5.74, 6) is 0.509. The minimum absolute atomic E-state index is 0.181. The fraction of sp³-hybridized carbons (Fsp3) is 0.211. The Morgan fingerprint density at radius 1 is 1.27 bits per heavy atom. The van der Waals surface area contributed by atoms with Gasteiger partial charge in [-0.15, -0.1) is 0 Å². The number of nitrogens with zero attached hydrogens (tertiary/aromatic N) is 3. The quantitative estimate of drug-likeness (QED) is 0.744. The molecule has 130 valence electrons. The van der Waals surface area contributed by atoms with Crippen LogP contribution in [-0.4, -0.2) is 20.0 Å². The molecule has 1 fully saturated rings. The van der Waals surface area contributed by atoms with Crippen LogP contribution in [0.25, 0.3) is 16.9 Å². The second-order valence-corrected chi connectivity index (χ2v) is 8.14. The Labute approximate surface area is 153 Å². The molecule has 6 nitrogen and oxygen atoms in total. The van der Waals surface area contributed by atoms with Crippen molar-refractivity contribution in [3.63, 3.8) is 0 Å². The van der Waals surface area contributed by atoms with Gasteiger partial charge in [-0.2, -0.15) is 5.26 Å². The lowest BCUT2D eigenvalue weighted by atomic mass is 10.1. The SMILES string of the molecule is Cc1[nH]n(-c2ccc([S@@](=N)C3CC3)cn2)c(=O)c1-c1ccc(C#N)cc1. The summed E-state index contributed by atoms with van der Waals surface area (Å²) in [5.41, 5.74) is 2.45. The summed E-state index contributed by atoms with van der Waals surface area (Å²) in [6, 6.07) is 12.7. The van der Waals surface area contributed by atoms with Gasteiger partial charge in [0.2, 0.25) is 0 Å². The average Bonchev–Trinajstić information content (AvgIpc) is 3.47. The van der Waals surface area contributed by atoms with E-state index in [0.717, 1.165) is 29.0 Å². The number of rotatable bonds is 4. The Morgan fingerprint density at radius 3 is 2.58 bits per heavy atom. The van der Waals surface area contributed by atoms with Crippen LogP contribution in [0, 0.1) is 23.0 Å². The predicted octanol–water partition coefficient (Wildman–Crippen LogP) is 3.31. The molecule has 1 aromatic carbocycles. The third-order valence-electron chi connectivity index (χ3n) is 4.44. The van der Waals surface area contributed by atoms with Crippen LogP contribution in [0.3, 0.4) is 0 Å². The van der Waals surface area contributed by atoms with Crippen molar-refractivity contribution in [3.05, 3.63) is 64.2 Å². The van der Waals surface area contributed by atoms with Crippen LogP contribution in [0.5, 0.6) is 0 Å². The largest absolute Gasteiger partial charge is 0.293 e. The molecule has 4 rings (SSSR count). The first-order chi connectivity index (χ1) is 12.6. The molecule has 0 saturated heterocycles. The number of hydrogen-bond donors (Lipinski definition) is 2. The van der Waals surface area contributed by atoms with Gasteiger partial charge in [0, 0.05) is 22.0 Å². The Bertz CT molecular complexity index is 1080. The Kier molecular flexibility index (Phi) is 4.05. The fourth-order valence-corrected chi connectivity index (χ4v) is 4.26. The molecule has 2 heterocycles. The van der Waals surface area contributed by atoms with Crippen LogP contribution in [0.2, 0.25) is 0 Å². The number of nitriles is 1. The van der Waals surface area contributed by atoms with Gasteiger partial charge in [-0.3, -0.25) is 14.7 Å². The fourth-order valence-electron chi connectivity index (χ4n) is 2.89. The van der Waals surface area contributed by atoms with E-state index in [1.54, 1.807) is 36.5 Å². The van der Waals surface area contributed by atoms with Crippen molar-refractivity contribution >= 4 is 10.7 Å². The van der Waals surface area contributed by atoms with Crippen molar-refractivity contribution in [1.29, 1.82) is 10.0 Å². The molecule has 1 atom stereocenters. The maximum Gasteiger partial charge on any atom is 0.280 e. The van der Waals surface area contributed by atoms with Gasteiger partial charge in [-0.05, 0) is 49.6 Å². The van der Waals surface area contributed by atoms with Gasteiger partial charge in [0.1, 0.15) is 0 Å². The Morgan fingerprint density at radius 2 is 2.00 bits per heavy atom. The van der Waals surface area contributed by atoms with Gasteiger partial charge in [-0.1, -0.05) is 22.8 Å². The molecule has 0 amide bonds. The molecule has 0 bridgehead atoms. The Hall–Kier alpha value is -2.98.